The second-order valence-electron chi connectivity index (χ2n) is 5.34. The third kappa shape index (κ3) is 2.94. The van der Waals surface area contributed by atoms with Crippen molar-refractivity contribution in [2.75, 3.05) is 44.2 Å². The number of urea groups is 1. The van der Waals surface area contributed by atoms with E-state index < -0.39 is 11.9 Å². The van der Waals surface area contributed by atoms with Gasteiger partial charge in [-0.1, -0.05) is 0 Å². The number of thiazole rings is 1. The number of amides is 2. The third-order valence-corrected chi connectivity index (χ3v) is 4.88. The molecule has 1 N–H and O–H groups in total. The van der Waals surface area contributed by atoms with Crippen molar-refractivity contribution >= 4 is 28.5 Å². The van der Waals surface area contributed by atoms with E-state index in [1.165, 1.54) is 0 Å². The summed E-state index contributed by atoms with van der Waals surface area (Å²) in [6.07, 6.45) is 2.34. The van der Waals surface area contributed by atoms with Crippen LogP contribution in [0.3, 0.4) is 0 Å². The third-order valence-electron chi connectivity index (χ3n) is 4.05. The first-order valence-corrected chi connectivity index (χ1v) is 7.94. The molecule has 2 amide bonds. The van der Waals surface area contributed by atoms with Gasteiger partial charge < -0.3 is 19.8 Å². The van der Waals surface area contributed by atoms with Gasteiger partial charge in [-0.2, -0.15) is 0 Å². The lowest BCUT2D eigenvalue weighted by Crippen LogP contribution is -2.52. The van der Waals surface area contributed by atoms with Crippen molar-refractivity contribution in [3.8, 4) is 0 Å². The van der Waals surface area contributed by atoms with Gasteiger partial charge in [0.25, 0.3) is 0 Å². The molecule has 0 aromatic carbocycles. The molecule has 0 bridgehead atoms. The van der Waals surface area contributed by atoms with Crippen LogP contribution < -0.4 is 4.90 Å². The second kappa shape index (κ2) is 5.88. The van der Waals surface area contributed by atoms with Crippen LogP contribution in [0.4, 0.5) is 9.93 Å². The molecule has 3 rings (SSSR count). The number of nitrogens with zero attached hydrogens (tertiary/aromatic N) is 4. The van der Waals surface area contributed by atoms with E-state index in [1.54, 1.807) is 22.4 Å². The van der Waals surface area contributed by atoms with Crippen molar-refractivity contribution in [1.29, 1.82) is 0 Å². The fraction of sp³-hybridized carbons (Fsp3) is 0.615. The Labute approximate surface area is 126 Å². The summed E-state index contributed by atoms with van der Waals surface area (Å²) in [5.41, 5.74) is 0. The van der Waals surface area contributed by atoms with Crippen molar-refractivity contribution in [2.45, 2.75) is 6.42 Å². The first-order chi connectivity index (χ1) is 10.1. The molecule has 1 unspecified atom stereocenters. The normalized spacial score (nSPS) is 22.7. The molecule has 0 spiro atoms. The Kier molecular flexibility index (Phi) is 3.96. The molecular formula is C13H18N4O3S. The fourth-order valence-electron chi connectivity index (χ4n) is 2.80. The molecule has 2 saturated heterocycles. The zero-order valence-corrected chi connectivity index (χ0v) is 12.5. The van der Waals surface area contributed by atoms with Gasteiger partial charge in [0.15, 0.2) is 5.13 Å². The number of hydrogen-bond donors (Lipinski definition) is 1. The van der Waals surface area contributed by atoms with E-state index in [9.17, 15) is 9.59 Å². The van der Waals surface area contributed by atoms with Crippen molar-refractivity contribution in [3.63, 3.8) is 0 Å². The van der Waals surface area contributed by atoms with E-state index in [1.807, 2.05) is 10.3 Å². The van der Waals surface area contributed by atoms with E-state index in [4.69, 9.17) is 5.11 Å². The molecule has 0 saturated carbocycles. The second-order valence-corrected chi connectivity index (χ2v) is 6.21. The molecule has 21 heavy (non-hydrogen) atoms. The van der Waals surface area contributed by atoms with E-state index in [-0.39, 0.29) is 6.03 Å². The van der Waals surface area contributed by atoms with Crippen LogP contribution in [0.1, 0.15) is 6.42 Å². The average Bonchev–Trinajstić information content (AvgIpc) is 3.18. The summed E-state index contributed by atoms with van der Waals surface area (Å²) < 4.78 is 0. The van der Waals surface area contributed by atoms with Crippen LogP contribution in [0, 0.1) is 5.92 Å². The van der Waals surface area contributed by atoms with E-state index >= 15 is 0 Å². The first kappa shape index (κ1) is 14.1. The van der Waals surface area contributed by atoms with Crippen molar-refractivity contribution < 1.29 is 14.7 Å². The largest absolute Gasteiger partial charge is 0.481 e. The van der Waals surface area contributed by atoms with Gasteiger partial charge in [-0.25, -0.2) is 9.78 Å². The predicted molar refractivity (Wildman–Crippen MR) is 78.6 cm³/mol. The van der Waals surface area contributed by atoms with Gasteiger partial charge in [0, 0.05) is 50.8 Å². The molecule has 0 radical (unpaired) electrons. The molecular weight excluding hydrogens is 292 g/mol. The number of rotatable bonds is 2. The molecule has 2 aliphatic heterocycles. The van der Waals surface area contributed by atoms with Crippen molar-refractivity contribution in [1.82, 2.24) is 14.8 Å². The average molecular weight is 310 g/mol. The van der Waals surface area contributed by atoms with Gasteiger partial charge in [-0.05, 0) is 6.42 Å². The van der Waals surface area contributed by atoms with Crippen LogP contribution in [0.25, 0.3) is 0 Å². The Morgan fingerprint density at radius 2 is 1.95 bits per heavy atom. The lowest BCUT2D eigenvalue weighted by molar-refractivity contribution is -0.141. The summed E-state index contributed by atoms with van der Waals surface area (Å²) in [5, 5.41) is 11.9. The van der Waals surface area contributed by atoms with E-state index in [2.05, 4.69) is 9.88 Å². The molecule has 3 heterocycles. The number of carboxylic acid groups (broad SMARTS) is 1. The van der Waals surface area contributed by atoms with Crippen LogP contribution in [0.2, 0.25) is 0 Å². The molecule has 114 valence electrons. The fourth-order valence-corrected chi connectivity index (χ4v) is 3.49. The number of carboxylic acids is 1. The Morgan fingerprint density at radius 3 is 2.52 bits per heavy atom. The lowest BCUT2D eigenvalue weighted by Gasteiger charge is -2.36. The molecule has 2 fully saturated rings. The van der Waals surface area contributed by atoms with Gasteiger partial charge in [0.1, 0.15) is 0 Å². The topological polar surface area (TPSA) is 77.0 Å². The summed E-state index contributed by atoms with van der Waals surface area (Å²) in [6.45, 7) is 3.74. The van der Waals surface area contributed by atoms with Crippen LogP contribution >= 0.6 is 11.3 Å². The van der Waals surface area contributed by atoms with Crippen molar-refractivity contribution in [3.05, 3.63) is 11.6 Å². The molecule has 1 atom stereocenters. The van der Waals surface area contributed by atoms with Gasteiger partial charge in [-0.15, -0.1) is 11.3 Å². The maximum absolute atomic E-state index is 12.4. The predicted octanol–water partition coefficient (Wildman–Crippen LogP) is 0.792. The molecule has 8 heteroatoms. The number of anilines is 1. The Morgan fingerprint density at radius 1 is 1.19 bits per heavy atom. The smallest absolute Gasteiger partial charge is 0.320 e. The SMILES string of the molecule is O=C(O)C1CCN(C(=O)N2CCN(c3nccs3)CC2)C1. The maximum Gasteiger partial charge on any atom is 0.320 e. The first-order valence-electron chi connectivity index (χ1n) is 7.06. The lowest BCUT2D eigenvalue weighted by atomic mass is 10.1. The number of aromatic nitrogens is 1. The zero-order valence-electron chi connectivity index (χ0n) is 11.6. The molecule has 0 aliphatic carbocycles. The zero-order chi connectivity index (χ0) is 14.8. The Bertz CT molecular complexity index is 513. The molecule has 1 aromatic rings. The van der Waals surface area contributed by atoms with Crippen molar-refractivity contribution in [2.24, 2.45) is 5.92 Å². The summed E-state index contributed by atoms with van der Waals surface area (Å²) >= 11 is 1.60. The molecule has 1 aromatic heterocycles. The number of hydrogen-bond acceptors (Lipinski definition) is 5. The van der Waals surface area contributed by atoms with Gasteiger partial charge in [0.2, 0.25) is 0 Å². The number of likely N-dealkylation sites (tertiary alicyclic amines) is 1. The summed E-state index contributed by atoms with van der Waals surface area (Å²) in [4.78, 5) is 33.3. The van der Waals surface area contributed by atoms with Gasteiger partial charge >= 0.3 is 12.0 Å². The highest BCUT2D eigenvalue weighted by molar-refractivity contribution is 7.13. The Hall–Kier alpha value is -1.83. The minimum atomic E-state index is -0.807. The summed E-state index contributed by atoms with van der Waals surface area (Å²) in [6, 6.07) is -0.0301. The minimum absolute atomic E-state index is 0.0301. The standard InChI is InChI=1S/C13H18N4O3S/c18-11(19)10-1-3-17(9-10)13(20)16-6-4-15(5-7-16)12-14-2-8-21-12/h2,8,10H,1,3-7,9H2,(H,18,19). The van der Waals surface area contributed by atoms with Gasteiger partial charge in [0.05, 0.1) is 5.92 Å². The molecule has 7 nitrogen and oxygen atoms in total. The molecule has 2 aliphatic rings. The van der Waals surface area contributed by atoms with E-state index in [0.29, 0.717) is 32.6 Å². The highest BCUT2D eigenvalue weighted by atomic mass is 32.1. The number of carbonyl (C=O) groups excluding carboxylic acids is 1. The number of aliphatic carboxylic acids is 1. The minimum Gasteiger partial charge on any atom is -0.481 e. The summed E-state index contributed by atoms with van der Waals surface area (Å²) in [5.74, 6) is -1.22. The Balaban J connectivity index is 1.52. The highest BCUT2D eigenvalue weighted by Crippen LogP contribution is 2.21. The van der Waals surface area contributed by atoms with Crippen LogP contribution in [-0.4, -0.2) is 71.2 Å². The highest BCUT2D eigenvalue weighted by Gasteiger charge is 2.34. The van der Waals surface area contributed by atoms with Crippen LogP contribution in [0.5, 0.6) is 0 Å². The van der Waals surface area contributed by atoms with Crippen LogP contribution in [-0.2, 0) is 4.79 Å². The summed E-state index contributed by atoms with van der Waals surface area (Å²) in [7, 11) is 0. The van der Waals surface area contributed by atoms with E-state index in [0.717, 1.165) is 18.2 Å². The number of piperazine rings is 1. The van der Waals surface area contributed by atoms with Gasteiger partial charge in [-0.3, -0.25) is 4.79 Å². The maximum atomic E-state index is 12.4. The quantitative estimate of drug-likeness (QED) is 0.874. The van der Waals surface area contributed by atoms with Crippen LogP contribution in [0.15, 0.2) is 11.6 Å². The number of carbonyl (C=O) groups is 2. The monoisotopic (exact) mass is 310 g/mol.